The summed E-state index contributed by atoms with van der Waals surface area (Å²) in [6, 6.07) is 17.1. The molecule has 29 heavy (non-hydrogen) atoms. The molecule has 0 unspecified atom stereocenters. The van der Waals surface area contributed by atoms with E-state index in [1.54, 1.807) is 23.7 Å². The Hall–Kier alpha value is -2.48. The van der Waals surface area contributed by atoms with E-state index in [1.165, 1.54) is 11.3 Å². The predicted molar refractivity (Wildman–Crippen MR) is 128 cm³/mol. The first-order chi connectivity index (χ1) is 14.0. The van der Waals surface area contributed by atoms with E-state index in [-0.39, 0.29) is 0 Å². The standard InChI is InChI=1S/C21H11BrIN3O2S/c22-14-1-6-19-12(7-14)8-17(21(27)28-19)18-11-29-20(26-18)13(9-24)10-25-16-4-2-15(23)3-5-16/h1-8,10-11,25H/b13-10+. The predicted octanol–water partition coefficient (Wildman–Crippen LogP) is 6.26. The van der Waals surface area contributed by atoms with E-state index in [0.29, 0.717) is 27.4 Å². The maximum absolute atomic E-state index is 12.4. The Labute approximate surface area is 192 Å². The number of fused-ring (bicyclic) bond motifs is 1. The van der Waals surface area contributed by atoms with Crippen molar-refractivity contribution >= 4 is 72.1 Å². The van der Waals surface area contributed by atoms with Gasteiger partial charge in [-0.15, -0.1) is 11.3 Å². The van der Waals surface area contributed by atoms with Crippen LogP contribution in [-0.4, -0.2) is 4.98 Å². The molecule has 0 radical (unpaired) electrons. The molecular formula is C21H11BrIN3O2S. The highest BCUT2D eigenvalue weighted by atomic mass is 127. The summed E-state index contributed by atoms with van der Waals surface area (Å²) in [5, 5.41) is 15.7. The van der Waals surface area contributed by atoms with Crippen LogP contribution in [0.2, 0.25) is 0 Å². The van der Waals surface area contributed by atoms with Crippen molar-refractivity contribution in [2.24, 2.45) is 0 Å². The van der Waals surface area contributed by atoms with Crippen LogP contribution in [0.15, 0.2) is 73.8 Å². The average molecular weight is 576 g/mol. The van der Waals surface area contributed by atoms with E-state index >= 15 is 0 Å². The monoisotopic (exact) mass is 575 g/mol. The van der Waals surface area contributed by atoms with Crippen LogP contribution < -0.4 is 10.9 Å². The molecule has 1 N–H and O–H groups in total. The summed E-state index contributed by atoms with van der Waals surface area (Å²) in [5.74, 6) is 0. The Morgan fingerprint density at radius 1 is 1.24 bits per heavy atom. The lowest BCUT2D eigenvalue weighted by Gasteiger charge is -2.01. The number of hydrogen-bond donors (Lipinski definition) is 1. The van der Waals surface area contributed by atoms with Crippen molar-refractivity contribution in [1.82, 2.24) is 4.98 Å². The van der Waals surface area contributed by atoms with Crippen LogP contribution >= 0.6 is 49.9 Å². The second-order valence-corrected chi connectivity index (χ2v) is 9.01. The lowest BCUT2D eigenvalue weighted by molar-refractivity contribution is 0.563. The van der Waals surface area contributed by atoms with E-state index in [0.717, 1.165) is 19.1 Å². The molecule has 0 saturated heterocycles. The number of nitrogens with one attached hydrogen (secondary N) is 1. The van der Waals surface area contributed by atoms with Gasteiger partial charge in [-0.25, -0.2) is 9.78 Å². The number of aromatic nitrogens is 1. The molecule has 2 heterocycles. The topological polar surface area (TPSA) is 78.9 Å². The fraction of sp³-hybridized carbons (Fsp3) is 0. The largest absolute Gasteiger partial charge is 0.422 e. The van der Waals surface area contributed by atoms with Gasteiger partial charge in [0.25, 0.3) is 0 Å². The molecule has 0 amide bonds. The number of halogens is 2. The zero-order chi connectivity index (χ0) is 20.4. The van der Waals surface area contributed by atoms with Gasteiger partial charge in [0.2, 0.25) is 0 Å². The lowest BCUT2D eigenvalue weighted by Crippen LogP contribution is -2.03. The van der Waals surface area contributed by atoms with Gasteiger partial charge in [-0.1, -0.05) is 15.9 Å². The van der Waals surface area contributed by atoms with E-state index < -0.39 is 5.63 Å². The van der Waals surface area contributed by atoms with Gasteiger partial charge in [0, 0.05) is 30.7 Å². The van der Waals surface area contributed by atoms with Gasteiger partial charge in [-0.05, 0) is 71.1 Å². The van der Waals surface area contributed by atoms with Crippen LogP contribution in [-0.2, 0) is 0 Å². The SMILES string of the molecule is N#C/C(=C\Nc1ccc(I)cc1)c1nc(-c2cc3cc(Br)ccc3oc2=O)cs1. The van der Waals surface area contributed by atoms with Crippen LogP contribution in [0.3, 0.4) is 0 Å². The molecule has 142 valence electrons. The summed E-state index contributed by atoms with van der Waals surface area (Å²) in [7, 11) is 0. The number of thiazole rings is 1. The number of benzene rings is 2. The third-order valence-electron chi connectivity index (χ3n) is 4.05. The minimum absolute atomic E-state index is 0.362. The van der Waals surface area contributed by atoms with Crippen molar-refractivity contribution in [1.29, 1.82) is 5.26 Å². The molecule has 0 aliphatic rings. The molecule has 8 heteroatoms. The van der Waals surface area contributed by atoms with Crippen molar-refractivity contribution in [3.05, 3.63) is 83.6 Å². The maximum atomic E-state index is 12.4. The van der Waals surface area contributed by atoms with Gasteiger partial charge in [-0.3, -0.25) is 0 Å². The van der Waals surface area contributed by atoms with Gasteiger partial charge in [0.15, 0.2) is 0 Å². The van der Waals surface area contributed by atoms with E-state index in [2.05, 4.69) is 54.9 Å². The molecule has 2 aromatic carbocycles. The quantitative estimate of drug-likeness (QED) is 0.176. The summed E-state index contributed by atoms with van der Waals surface area (Å²) >= 11 is 6.95. The van der Waals surface area contributed by atoms with Gasteiger partial charge in [-0.2, -0.15) is 5.26 Å². The van der Waals surface area contributed by atoms with Gasteiger partial charge in [0.05, 0.1) is 11.3 Å². The molecule has 0 saturated carbocycles. The molecular weight excluding hydrogens is 565 g/mol. The van der Waals surface area contributed by atoms with Crippen molar-refractivity contribution in [3.63, 3.8) is 0 Å². The first-order valence-corrected chi connectivity index (χ1v) is 11.1. The molecule has 4 aromatic rings. The average Bonchev–Trinajstić information content (AvgIpc) is 3.19. The molecule has 0 spiro atoms. The van der Waals surface area contributed by atoms with E-state index in [4.69, 9.17) is 4.42 Å². The minimum atomic E-state index is -0.462. The number of nitrogens with zero attached hydrogens (tertiary/aromatic N) is 2. The highest BCUT2D eigenvalue weighted by Crippen LogP contribution is 2.27. The summed E-state index contributed by atoms with van der Waals surface area (Å²) in [5.41, 5.74) is 2.15. The Bertz CT molecular complexity index is 1340. The minimum Gasteiger partial charge on any atom is -0.422 e. The first-order valence-electron chi connectivity index (χ1n) is 8.35. The van der Waals surface area contributed by atoms with Crippen molar-refractivity contribution in [2.45, 2.75) is 0 Å². The molecule has 5 nitrogen and oxygen atoms in total. The number of anilines is 1. The highest BCUT2D eigenvalue weighted by Gasteiger charge is 2.14. The smallest absolute Gasteiger partial charge is 0.345 e. The molecule has 0 atom stereocenters. The summed E-state index contributed by atoms with van der Waals surface area (Å²) < 4.78 is 7.43. The van der Waals surface area contributed by atoms with Crippen molar-refractivity contribution in [3.8, 4) is 17.3 Å². The summed E-state index contributed by atoms with van der Waals surface area (Å²) in [4.78, 5) is 16.9. The Balaban J connectivity index is 1.66. The molecule has 4 rings (SSSR count). The van der Waals surface area contributed by atoms with Crippen LogP contribution in [0.1, 0.15) is 5.01 Å². The van der Waals surface area contributed by atoms with Crippen LogP contribution in [0.5, 0.6) is 0 Å². The van der Waals surface area contributed by atoms with Gasteiger partial charge >= 0.3 is 5.63 Å². The third-order valence-corrected chi connectivity index (χ3v) is 6.14. The summed E-state index contributed by atoms with van der Waals surface area (Å²) in [6.45, 7) is 0. The lowest BCUT2D eigenvalue weighted by atomic mass is 10.1. The fourth-order valence-corrected chi connectivity index (χ4v) is 4.16. The number of rotatable bonds is 4. The number of nitriles is 1. The second kappa shape index (κ2) is 8.49. The molecule has 2 aromatic heterocycles. The first kappa shape index (κ1) is 19.8. The maximum Gasteiger partial charge on any atom is 0.345 e. The molecule has 0 bridgehead atoms. The highest BCUT2D eigenvalue weighted by molar-refractivity contribution is 14.1. The molecule has 0 fully saturated rings. The number of hydrogen-bond acceptors (Lipinski definition) is 6. The molecule has 0 aliphatic carbocycles. The van der Waals surface area contributed by atoms with E-state index in [9.17, 15) is 10.1 Å². The zero-order valence-corrected chi connectivity index (χ0v) is 19.2. The van der Waals surface area contributed by atoms with Gasteiger partial charge in [0.1, 0.15) is 22.2 Å². The third kappa shape index (κ3) is 4.42. The fourth-order valence-electron chi connectivity index (χ4n) is 2.64. The Kier molecular flexibility index (Phi) is 5.80. The van der Waals surface area contributed by atoms with Crippen molar-refractivity contribution < 1.29 is 4.42 Å². The van der Waals surface area contributed by atoms with Crippen molar-refractivity contribution in [2.75, 3.05) is 5.32 Å². The van der Waals surface area contributed by atoms with E-state index in [1.807, 2.05) is 36.4 Å². The second-order valence-electron chi connectivity index (χ2n) is 5.99. The number of allylic oxidation sites excluding steroid dienone is 1. The van der Waals surface area contributed by atoms with Crippen LogP contribution in [0.4, 0.5) is 5.69 Å². The summed E-state index contributed by atoms with van der Waals surface area (Å²) in [6.07, 6.45) is 1.62. The Morgan fingerprint density at radius 3 is 2.79 bits per heavy atom. The Morgan fingerprint density at radius 2 is 2.03 bits per heavy atom. The van der Waals surface area contributed by atoms with Gasteiger partial charge < -0.3 is 9.73 Å². The zero-order valence-electron chi connectivity index (χ0n) is 14.6. The normalized spacial score (nSPS) is 11.4. The van der Waals surface area contributed by atoms with Crippen LogP contribution in [0.25, 0.3) is 27.8 Å². The van der Waals surface area contributed by atoms with Crippen LogP contribution in [0, 0.1) is 14.9 Å². The molecule has 0 aliphatic heterocycles.